The van der Waals surface area contributed by atoms with Gasteiger partial charge in [0.25, 0.3) is 0 Å². The van der Waals surface area contributed by atoms with Gasteiger partial charge in [0.15, 0.2) is 0 Å². The normalized spacial score (nSPS) is 16.6. The lowest BCUT2D eigenvalue weighted by molar-refractivity contribution is 0.444. The second kappa shape index (κ2) is 6.51. The van der Waals surface area contributed by atoms with Crippen LogP contribution in [-0.4, -0.2) is 12.3 Å². The van der Waals surface area contributed by atoms with Crippen molar-refractivity contribution in [3.63, 3.8) is 0 Å². The predicted octanol–water partition coefficient (Wildman–Crippen LogP) is 5.11. The Labute approximate surface area is 121 Å². The number of hydrogen-bond donors (Lipinski definition) is 0. The molecule has 20 heavy (non-hydrogen) atoms. The molecule has 0 aromatic heterocycles. The van der Waals surface area contributed by atoms with Gasteiger partial charge in [-0.25, -0.2) is 0 Å². The molecule has 2 aromatic rings. The highest BCUT2D eigenvalue weighted by Crippen LogP contribution is 2.21. The van der Waals surface area contributed by atoms with Crippen LogP contribution in [0.2, 0.25) is 0 Å². The lowest BCUT2D eigenvalue weighted by atomic mass is 9.96. The predicted molar refractivity (Wildman–Crippen MR) is 86.3 cm³/mol. The van der Waals surface area contributed by atoms with Crippen molar-refractivity contribution in [1.29, 1.82) is 0 Å². The van der Waals surface area contributed by atoms with Gasteiger partial charge in [-0.3, -0.25) is 4.99 Å². The molecule has 0 saturated heterocycles. The third kappa shape index (κ3) is 3.36. The van der Waals surface area contributed by atoms with E-state index in [0.717, 1.165) is 0 Å². The van der Waals surface area contributed by atoms with Crippen molar-refractivity contribution >= 4 is 6.21 Å². The highest BCUT2D eigenvalue weighted by molar-refractivity contribution is 5.81. The second-order valence-electron chi connectivity index (χ2n) is 5.56. The van der Waals surface area contributed by atoms with Gasteiger partial charge in [-0.2, -0.15) is 0 Å². The molecule has 1 fully saturated rings. The van der Waals surface area contributed by atoms with Crippen LogP contribution in [0.1, 0.15) is 37.7 Å². The van der Waals surface area contributed by atoms with Crippen molar-refractivity contribution in [1.82, 2.24) is 0 Å². The van der Waals surface area contributed by atoms with Gasteiger partial charge < -0.3 is 0 Å². The Hall–Kier alpha value is -1.89. The zero-order valence-electron chi connectivity index (χ0n) is 11.8. The van der Waals surface area contributed by atoms with Crippen molar-refractivity contribution in [2.45, 2.75) is 38.1 Å². The molecule has 102 valence electrons. The molecular weight excluding hydrogens is 242 g/mol. The molecule has 0 amide bonds. The maximum absolute atomic E-state index is 4.73. The maximum atomic E-state index is 4.73. The van der Waals surface area contributed by atoms with Crippen LogP contribution in [-0.2, 0) is 0 Å². The quantitative estimate of drug-likeness (QED) is 0.683. The van der Waals surface area contributed by atoms with Crippen molar-refractivity contribution in [3.05, 3.63) is 60.2 Å². The van der Waals surface area contributed by atoms with E-state index in [-0.39, 0.29) is 0 Å². The van der Waals surface area contributed by atoms with Crippen LogP contribution in [0.3, 0.4) is 0 Å². The summed E-state index contributed by atoms with van der Waals surface area (Å²) in [6.45, 7) is 0. The van der Waals surface area contributed by atoms with Crippen LogP contribution in [0.15, 0.2) is 59.6 Å². The molecule has 2 aromatic carbocycles. The third-order valence-corrected chi connectivity index (χ3v) is 4.03. The highest BCUT2D eigenvalue weighted by atomic mass is 14.8. The Morgan fingerprint density at radius 2 is 1.40 bits per heavy atom. The SMILES string of the molecule is C(=NC1CCCCC1)c1ccc(-c2ccccc2)cc1. The molecule has 0 unspecified atom stereocenters. The van der Waals surface area contributed by atoms with E-state index >= 15 is 0 Å². The van der Waals surface area contributed by atoms with Crippen LogP contribution >= 0.6 is 0 Å². The Morgan fingerprint density at radius 3 is 2.10 bits per heavy atom. The molecular formula is C19H21N. The van der Waals surface area contributed by atoms with E-state index in [1.165, 1.54) is 48.8 Å². The zero-order chi connectivity index (χ0) is 13.6. The minimum Gasteiger partial charge on any atom is -0.289 e. The average Bonchev–Trinajstić information content (AvgIpc) is 2.55. The monoisotopic (exact) mass is 263 g/mol. The standard InChI is InChI=1S/C19H21N/c1-3-7-17(8-4-1)18-13-11-16(12-14-18)15-20-19-9-5-2-6-10-19/h1,3-4,7-8,11-15,19H,2,5-6,9-10H2. The molecule has 1 heteroatoms. The maximum Gasteiger partial charge on any atom is 0.0499 e. The first-order chi connectivity index (χ1) is 9.92. The average molecular weight is 263 g/mol. The first kappa shape index (κ1) is 13.1. The van der Waals surface area contributed by atoms with E-state index < -0.39 is 0 Å². The van der Waals surface area contributed by atoms with E-state index in [2.05, 4.69) is 54.6 Å². The summed E-state index contributed by atoms with van der Waals surface area (Å²) in [5.74, 6) is 0. The Balaban J connectivity index is 1.68. The van der Waals surface area contributed by atoms with Crippen LogP contribution in [0.25, 0.3) is 11.1 Å². The molecule has 1 saturated carbocycles. The second-order valence-corrected chi connectivity index (χ2v) is 5.56. The molecule has 0 radical (unpaired) electrons. The van der Waals surface area contributed by atoms with Gasteiger partial charge in [0.1, 0.15) is 0 Å². The molecule has 0 bridgehead atoms. The van der Waals surface area contributed by atoms with E-state index in [4.69, 9.17) is 4.99 Å². The summed E-state index contributed by atoms with van der Waals surface area (Å²) < 4.78 is 0. The van der Waals surface area contributed by atoms with Crippen LogP contribution in [0.5, 0.6) is 0 Å². The van der Waals surface area contributed by atoms with Crippen molar-refractivity contribution in [2.75, 3.05) is 0 Å². The zero-order valence-corrected chi connectivity index (χ0v) is 11.8. The smallest absolute Gasteiger partial charge is 0.0499 e. The minimum atomic E-state index is 0.553. The number of nitrogens with zero attached hydrogens (tertiary/aromatic N) is 1. The lowest BCUT2D eigenvalue weighted by Gasteiger charge is -2.17. The molecule has 0 heterocycles. The first-order valence-corrected chi connectivity index (χ1v) is 7.60. The summed E-state index contributed by atoms with van der Waals surface area (Å²) >= 11 is 0. The largest absolute Gasteiger partial charge is 0.289 e. The molecule has 1 aliphatic carbocycles. The van der Waals surface area contributed by atoms with Crippen molar-refractivity contribution in [3.8, 4) is 11.1 Å². The van der Waals surface area contributed by atoms with Gasteiger partial charge in [0.05, 0.1) is 0 Å². The molecule has 0 atom stereocenters. The molecule has 0 aliphatic heterocycles. The van der Waals surface area contributed by atoms with Crippen LogP contribution in [0.4, 0.5) is 0 Å². The summed E-state index contributed by atoms with van der Waals surface area (Å²) in [7, 11) is 0. The van der Waals surface area contributed by atoms with E-state index in [1.54, 1.807) is 0 Å². The highest BCUT2D eigenvalue weighted by Gasteiger charge is 2.10. The first-order valence-electron chi connectivity index (χ1n) is 7.60. The van der Waals surface area contributed by atoms with E-state index in [1.807, 2.05) is 6.21 Å². The fourth-order valence-corrected chi connectivity index (χ4v) is 2.81. The fraction of sp³-hybridized carbons (Fsp3) is 0.316. The number of benzene rings is 2. The summed E-state index contributed by atoms with van der Waals surface area (Å²) in [5, 5.41) is 0. The van der Waals surface area contributed by atoms with Crippen molar-refractivity contribution in [2.24, 2.45) is 4.99 Å². The number of hydrogen-bond acceptors (Lipinski definition) is 1. The Kier molecular flexibility index (Phi) is 4.27. The molecule has 3 rings (SSSR count). The molecule has 0 spiro atoms. The van der Waals surface area contributed by atoms with Gasteiger partial charge >= 0.3 is 0 Å². The Morgan fingerprint density at radius 1 is 0.750 bits per heavy atom. The van der Waals surface area contributed by atoms with E-state index in [0.29, 0.717) is 6.04 Å². The van der Waals surface area contributed by atoms with Gasteiger partial charge in [-0.05, 0) is 29.5 Å². The summed E-state index contributed by atoms with van der Waals surface area (Å²) in [6, 6.07) is 19.7. The molecule has 0 N–H and O–H groups in total. The molecule has 1 aliphatic rings. The van der Waals surface area contributed by atoms with Crippen LogP contribution in [0, 0.1) is 0 Å². The number of aliphatic imine (C=N–C) groups is 1. The van der Waals surface area contributed by atoms with Gasteiger partial charge in [0, 0.05) is 12.3 Å². The number of rotatable bonds is 3. The molecule has 1 nitrogen and oxygen atoms in total. The summed E-state index contributed by atoms with van der Waals surface area (Å²) in [5.41, 5.74) is 3.74. The topological polar surface area (TPSA) is 12.4 Å². The van der Waals surface area contributed by atoms with Crippen molar-refractivity contribution < 1.29 is 0 Å². The third-order valence-electron chi connectivity index (χ3n) is 4.03. The fourth-order valence-electron chi connectivity index (χ4n) is 2.81. The minimum absolute atomic E-state index is 0.553. The van der Waals surface area contributed by atoms with E-state index in [9.17, 15) is 0 Å². The van der Waals surface area contributed by atoms with Gasteiger partial charge in [-0.1, -0.05) is 73.9 Å². The van der Waals surface area contributed by atoms with Gasteiger partial charge in [-0.15, -0.1) is 0 Å². The summed E-state index contributed by atoms with van der Waals surface area (Å²) in [6.07, 6.45) is 8.64. The lowest BCUT2D eigenvalue weighted by Crippen LogP contribution is -2.09. The van der Waals surface area contributed by atoms with Crippen LogP contribution < -0.4 is 0 Å². The van der Waals surface area contributed by atoms with Gasteiger partial charge in [0.2, 0.25) is 0 Å². The Bertz CT molecular complexity index is 548. The summed E-state index contributed by atoms with van der Waals surface area (Å²) in [4.78, 5) is 4.73.